The van der Waals surface area contributed by atoms with E-state index in [1.54, 1.807) is 12.8 Å². The van der Waals surface area contributed by atoms with E-state index in [0.717, 1.165) is 0 Å². The van der Waals surface area contributed by atoms with Crippen LogP contribution in [0.25, 0.3) is 0 Å². The van der Waals surface area contributed by atoms with Gasteiger partial charge >= 0.3 is 0 Å². The molecule has 0 heteroatoms. The first-order chi connectivity index (χ1) is 9.97. The Balaban J connectivity index is 1.50. The van der Waals surface area contributed by atoms with Crippen LogP contribution in [-0.2, 0) is 0 Å². The minimum absolute atomic E-state index is 1.28. The lowest BCUT2D eigenvalue weighted by molar-refractivity contribution is 0.133. The van der Waals surface area contributed by atoms with E-state index >= 15 is 0 Å². The molecular weight excluding hydrogens is 240 g/mol. The van der Waals surface area contributed by atoms with Crippen molar-refractivity contribution >= 4 is 0 Å². The van der Waals surface area contributed by atoms with Crippen LogP contribution in [0, 0.1) is 107 Å². The first kappa shape index (κ1) is 8.59. The molecule has 10 fully saturated rings. The zero-order chi connectivity index (χ0) is 11.8. The van der Waals surface area contributed by atoms with Crippen LogP contribution in [0.4, 0.5) is 0 Å². The van der Waals surface area contributed by atoms with Gasteiger partial charge in [-0.05, 0) is 119 Å². The minimum atomic E-state index is 1.28. The summed E-state index contributed by atoms with van der Waals surface area (Å²) in [6.07, 6.45) is 3.52. The highest BCUT2D eigenvalue weighted by Crippen LogP contribution is 2.96. The number of hydrogen-bond acceptors (Lipinski definition) is 0. The van der Waals surface area contributed by atoms with E-state index < -0.39 is 0 Å². The standard InChI is InChI=1S/C20H22/c1-3-7-5-2-6-8-4(1)10-9(3)15-13(7)17-11(5)12(6)18-14(8)16(10)19(15)20(17)18/h3-20H,1-2H2/t3-,4-,5-,6+,7?,8?,9-,10-,11-,12+,13?,14?,15+,16-,17-,18+,19?,20?/m1/s1. The molecule has 0 spiro atoms. The van der Waals surface area contributed by atoms with E-state index in [-0.39, 0.29) is 0 Å². The highest BCUT2D eigenvalue weighted by molar-refractivity contribution is 5.39. The van der Waals surface area contributed by atoms with Gasteiger partial charge < -0.3 is 0 Å². The van der Waals surface area contributed by atoms with Gasteiger partial charge in [0.15, 0.2) is 0 Å². The molecule has 0 N–H and O–H groups in total. The smallest absolute Gasteiger partial charge is 0.0312 e. The van der Waals surface area contributed by atoms with E-state index in [0.29, 0.717) is 0 Å². The fraction of sp³-hybridized carbons (Fsp3) is 1.00. The maximum absolute atomic E-state index is 1.76. The summed E-state index contributed by atoms with van der Waals surface area (Å²) < 4.78 is 0. The van der Waals surface area contributed by atoms with Crippen LogP contribution < -0.4 is 0 Å². The van der Waals surface area contributed by atoms with Gasteiger partial charge in [-0.2, -0.15) is 0 Å². The molecule has 10 rings (SSSR count). The molecule has 0 amide bonds. The molecule has 0 aromatic heterocycles. The van der Waals surface area contributed by atoms with Gasteiger partial charge in [0, 0.05) is 0 Å². The Kier molecular flexibility index (Phi) is 0.843. The van der Waals surface area contributed by atoms with Crippen molar-refractivity contribution in [1.29, 1.82) is 0 Å². The summed E-state index contributed by atoms with van der Waals surface area (Å²) in [5.74, 6) is 23.5. The molecular formula is C20H22. The largest absolute Gasteiger partial charge is 0.0464 e. The van der Waals surface area contributed by atoms with Crippen LogP contribution in [0.3, 0.4) is 0 Å². The molecule has 10 aliphatic rings. The summed E-state index contributed by atoms with van der Waals surface area (Å²) >= 11 is 0. The van der Waals surface area contributed by atoms with Crippen molar-refractivity contribution in [3.05, 3.63) is 0 Å². The summed E-state index contributed by atoms with van der Waals surface area (Å²) in [6.45, 7) is 0. The lowest BCUT2D eigenvalue weighted by Gasteiger charge is -2.34. The Labute approximate surface area is 120 Å². The van der Waals surface area contributed by atoms with Crippen molar-refractivity contribution in [2.75, 3.05) is 0 Å². The van der Waals surface area contributed by atoms with Gasteiger partial charge in [-0.25, -0.2) is 0 Å². The summed E-state index contributed by atoms with van der Waals surface area (Å²) in [7, 11) is 0. The van der Waals surface area contributed by atoms with Gasteiger partial charge in [0.1, 0.15) is 0 Å². The zero-order valence-electron chi connectivity index (χ0n) is 11.8. The summed E-state index contributed by atoms with van der Waals surface area (Å²) in [6, 6.07) is 0. The Morgan fingerprint density at radius 2 is 0.500 bits per heavy atom. The van der Waals surface area contributed by atoms with Crippen molar-refractivity contribution in [3.8, 4) is 0 Å². The first-order valence-corrected chi connectivity index (χ1v) is 9.97. The fourth-order valence-electron chi connectivity index (χ4n) is 14.2. The Morgan fingerprint density at radius 3 is 0.850 bits per heavy atom. The SMILES string of the molecule is C1[C@@H]2C3C4[C@@H]5C6C7[C@H]8C9C([C@@H]1[C@@H]8[C@@H]2[C@@H]47)[C@@H]1C[C@H]3[C@@H]5[C@H]1[C@H]69. The Morgan fingerprint density at radius 1 is 0.250 bits per heavy atom. The summed E-state index contributed by atoms with van der Waals surface area (Å²) in [4.78, 5) is 0. The zero-order valence-corrected chi connectivity index (χ0v) is 11.8. The first-order valence-electron chi connectivity index (χ1n) is 9.97. The molecule has 20 heavy (non-hydrogen) atoms. The van der Waals surface area contributed by atoms with E-state index in [4.69, 9.17) is 0 Å². The predicted octanol–water partition coefficient (Wildman–Crippen LogP) is 2.99. The van der Waals surface area contributed by atoms with Gasteiger partial charge in [-0.3, -0.25) is 0 Å². The second kappa shape index (κ2) is 1.96. The molecule has 0 nitrogen and oxygen atoms in total. The average Bonchev–Trinajstić information content (AvgIpc) is 3.11. The molecule has 0 aromatic carbocycles. The average molecular weight is 262 g/mol. The summed E-state index contributed by atoms with van der Waals surface area (Å²) in [5.41, 5.74) is 0. The second-order valence-electron chi connectivity index (χ2n) is 11.2. The van der Waals surface area contributed by atoms with Crippen LogP contribution in [0.2, 0.25) is 0 Å². The lowest BCUT2D eigenvalue weighted by atomic mass is 9.70. The molecule has 10 saturated carbocycles. The fourth-order valence-corrected chi connectivity index (χ4v) is 14.2. The molecule has 18 atom stereocenters. The Bertz CT molecular complexity index is 502. The monoisotopic (exact) mass is 262 g/mol. The molecule has 0 saturated heterocycles. The van der Waals surface area contributed by atoms with Crippen molar-refractivity contribution in [2.45, 2.75) is 12.8 Å². The van der Waals surface area contributed by atoms with Gasteiger partial charge in [-0.1, -0.05) is 0 Å². The van der Waals surface area contributed by atoms with E-state index in [9.17, 15) is 0 Å². The van der Waals surface area contributed by atoms with Crippen LogP contribution in [0.1, 0.15) is 12.8 Å². The maximum Gasteiger partial charge on any atom is -0.0312 e. The predicted molar refractivity (Wildman–Crippen MR) is 72.1 cm³/mol. The van der Waals surface area contributed by atoms with Crippen LogP contribution in [0.15, 0.2) is 0 Å². The Hall–Kier alpha value is 0. The van der Waals surface area contributed by atoms with E-state index in [2.05, 4.69) is 0 Å². The highest BCUT2D eigenvalue weighted by Gasteiger charge is 2.92. The molecule has 102 valence electrons. The maximum atomic E-state index is 1.76. The highest BCUT2D eigenvalue weighted by atomic mass is 15.0. The van der Waals surface area contributed by atoms with Crippen LogP contribution >= 0.6 is 0 Å². The molecule has 6 unspecified atom stereocenters. The lowest BCUT2D eigenvalue weighted by Crippen LogP contribution is -2.29. The van der Waals surface area contributed by atoms with Gasteiger partial charge in [-0.15, -0.1) is 0 Å². The molecule has 0 aliphatic heterocycles. The van der Waals surface area contributed by atoms with Crippen molar-refractivity contribution in [2.24, 2.45) is 107 Å². The molecule has 0 aromatic rings. The summed E-state index contributed by atoms with van der Waals surface area (Å²) in [5, 5.41) is 0. The van der Waals surface area contributed by atoms with Gasteiger partial charge in [0.25, 0.3) is 0 Å². The third kappa shape index (κ3) is 0.446. The minimum Gasteiger partial charge on any atom is -0.0464 e. The van der Waals surface area contributed by atoms with E-state index in [1.165, 1.54) is 107 Å². The quantitative estimate of drug-likeness (QED) is 0.629. The topological polar surface area (TPSA) is 0 Å². The van der Waals surface area contributed by atoms with Crippen LogP contribution in [-0.4, -0.2) is 0 Å². The molecule has 0 heterocycles. The third-order valence-corrected chi connectivity index (χ3v) is 12.6. The van der Waals surface area contributed by atoms with Gasteiger partial charge in [0.05, 0.1) is 0 Å². The van der Waals surface area contributed by atoms with Crippen molar-refractivity contribution in [1.82, 2.24) is 0 Å². The normalized spacial score (nSPS) is 99.6. The third-order valence-electron chi connectivity index (χ3n) is 12.6. The van der Waals surface area contributed by atoms with Gasteiger partial charge in [0.2, 0.25) is 0 Å². The molecule has 0 radical (unpaired) electrons. The van der Waals surface area contributed by atoms with E-state index in [1.807, 2.05) is 0 Å². The van der Waals surface area contributed by atoms with Crippen molar-refractivity contribution < 1.29 is 0 Å². The molecule has 0 bridgehead atoms. The van der Waals surface area contributed by atoms with Crippen LogP contribution in [0.5, 0.6) is 0 Å². The number of rotatable bonds is 0. The van der Waals surface area contributed by atoms with Crippen molar-refractivity contribution in [3.63, 3.8) is 0 Å². The number of fused-ring (bicyclic) bond motifs is 4. The number of hydrogen-bond donors (Lipinski definition) is 0. The molecule has 10 aliphatic carbocycles. The second-order valence-corrected chi connectivity index (χ2v) is 11.2.